The monoisotopic (exact) mass is 351 g/mol. The number of hydrogen-bond acceptors (Lipinski definition) is 3. The van der Waals surface area contributed by atoms with Crippen LogP contribution in [-0.4, -0.2) is 18.3 Å². The molecule has 2 rings (SSSR count). The highest BCUT2D eigenvalue weighted by Gasteiger charge is 2.14. The summed E-state index contributed by atoms with van der Waals surface area (Å²) in [5.41, 5.74) is 1.62. The van der Waals surface area contributed by atoms with E-state index in [-0.39, 0.29) is 22.7 Å². The van der Waals surface area contributed by atoms with E-state index < -0.39 is 5.82 Å². The van der Waals surface area contributed by atoms with E-state index in [0.717, 1.165) is 11.1 Å². The molecule has 24 heavy (non-hydrogen) atoms. The van der Waals surface area contributed by atoms with Gasteiger partial charge >= 0.3 is 0 Å². The quantitative estimate of drug-likeness (QED) is 0.822. The molecule has 0 saturated heterocycles. The van der Waals surface area contributed by atoms with E-state index >= 15 is 0 Å². The fraction of sp³-hybridized carbons (Fsp3) is 0.278. The summed E-state index contributed by atoms with van der Waals surface area (Å²) in [4.78, 5) is 12.1. The van der Waals surface area contributed by atoms with Gasteiger partial charge in [0.25, 0.3) is 0 Å². The lowest BCUT2D eigenvalue weighted by atomic mass is 10.2. The second kappa shape index (κ2) is 8.68. The first-order valence-corrected chi connectivity index (χ1v) is 8.50. The van der Waals surface area contributed by atoms with E-state index in [9.17, 15) is 13.6 Å². The van der Waals surface area contributed by atoms with Crippen LogP contribution in [0.25, 0.3) is 0 Å². The SMILES string of the molecule is COc1ccc(CS[C@@H](C)C(=O)NCc2ccc(F)cc2)cc1F. The first kappa shape index (κ1) is 18.3. The van der Waals surface area contributed by atoms with Crippen LogP contribution in [0.15, 0.2) is 42.5 Å². The van der Waals surface area contributed by atoms with Crippen molar-refractivity contribution < 1.29 is 18.3 Å². The van der Waals surface area contributed by atoms with Crippen LogP contribution in [-0.2, 0) is 17.1 Å². The number of halogens is 2. The summed E-state index contributed by atoms with van der Waals surface area (Å²) < 4.78 is 31.3. The second-order valence-corrected chi connectivity index (χ2v) is 6.60. The van der Waals surface area contributed by atoms with Crippen LogP contribution in [0.5, 0.6) is 5.75 Å². The van der Waals surface area contributed by atoms with Gasteiger partial charge in [-0.25, -0.2) is 8.78 Å². The molecule has 0 aromatic heterocycles. The maximum Gasteiger partial charge on any atom is 0.233 e. The predicted octanol–water partition coefficient (Wildman–Crippen LogP) is 3.91. The number of amides is 1. The molecule has 0 bridgehead atoms. The van der Waals surface area contributed by atoms with E-state index in [1.165, 1.54) is 37.1 Å². The van der Waals surface area contributed by atoms with Gasteiger partial charge in [0.15, 0.2) is 11.6 Å². The highest BCUT2D eigenvalue weighted by atomic mass is 32.2. The van der Waals surface area contributed by atoms with Gasteiger partial charge in [0.2, 0.25) is 5.91 Å². The van der Waals surface area contributed by atoms with Crippen molar-refractivity contribution in [3.05, 3.63) is 65.2 Å². The van der Waals surface area contributed by atoms with Crippen molar-refractivity contribution in [2.45, 2.75) is 24.5 Å². The van der Waals surface area contributed by atoms with Crippen molar-refractivity contribution in [1.29, 1.82) is 0 Å². The maximum atomic E-state index is 13.6. The van der Waals surface area contributed by atoms with Crippen LogP contribution in [0, 0.1) is 11.6 Å². The van der Waals surface area contributed by atoms with Gasteiger partial charge in [-0.15, -0.1) is 11.8 Å². The average molecular weight is 351 g/mol. The molecular formula is C18H19F2NO2S. The first-order chi connectivity index (χ1) is 11.5. The Morgan fingerprint density at radius 3 is 2.46 bits per heavy atom. The predicted molar refractivity (Wildman–Crippen MR) is 92.0 cm³/mol. The summed E-state index contributed by atoms with van der Waals surface area (Å²) in [6, 6.07) is 10.7. The van der Waals surface area contributed by atoms with Gasteiger partial charge in [0.05, 0.1) is 12.4 Å². The van der Waals surface area contributed by atoms with Crippen LogP contribution in [0.3, 0.4) is 0 Å². The van der Waals surface area contributed by atoms with Crippen molar-refractivity contribution in [2.24, 2.45) is 0 Å². The van der Waals surface area contributed by atoms with E-state index in [1.54, 1.807) is 31.2 Å². The number of methoxy groups -OCH3 is 1. The van der Waals surface area contributed by atoms with Crippen LogP contribution in [0.4, 0.5) is 8.78 Å². The molecule has 1 N–H and O–H groups in total. The number of hydrogen-bond donors (Lipinski definition) is 1. The fourth-order valence-electron chi connectivity index (χ4n) is 2.03. The second-order valence-electron chi connectivity index (χ2n) is 5.27. The molecular weight excluding hydrogens is 332 g/mol. The number of carbonyl (C=O) groups excluding carboxylic acids is 1. The van der Waals surface area contributed by atoms with Crippen molar-refractivity contribution in [2.75, 3.05) is 7.11 Å². The van der Waals surface area contributed by atoms with Gasteiger partial charge in [-0.1, -0.05) is 18.2 Å². The number of nitrogens with one attached hydrogen (secondary N) is 1. The molecule has 2 aromatic carbocycles. The third-order valence-corrected chi connectivity index (χ3v) is 4.68. The molecule has 0 heterocycles. The van der Waals surface area contributed by atoms with Crippen LogP contribution in [0.2, 0.25) is 0 Å². The lowest BCUT2D eigenvalue weighted by Crippen LogP contribution is -2.30. The highest BCUT2D eigenvalue weighted by Crippen LogP contribution is 2.23. The molecule has 1 amide bonds. The number of carbonyl (C=O) groups is 1. The summed E-state index contributed by atoms with van der Waals surface area (Å²) in [6.45, 7) is 2.14. The molecule has 2 aromatic rings. The van der Waals surface area contributed by atoms with Crippen LogP contribution in [0.1, 0.15) is 18.1 Å². The average Bonchev–Trinajstić information content (AvgIpc) is 2.59. The molecule has 0 unspecified atom stereocenters. The molecule has 0 fully saturated rings. The lowest BCUT2D eigenvalue weighted by Gasteiger charge is -2.12. The van der Waals surface area contributed by atoms with Crippen molar-refractivity contribution in [3.8, 4) is 5.75 Å². The lowest BCUT2D eigenvalue weighted by molar-refractivity contribution is -0.120. The Balaban J connectivity index is 1.81. The molecule has 3 nitrogen and oxygen atoms in total. The van der Waals surface area contributed by atoms with Crippen LogP contribution >= 0.6 is 11.8 Å². The Morgan fingerprint density at radius 1 is 1.17 bits per heavy atom. The minimum absolute atomic E-state index is 0.113. The highest BCUT2D eigenvalue weighted by molar-refractivity contribution is 7.99. The summed E-state index contributed by atoms with van der Waals surface area (Å²) in [5, 5.41) is 2.53. The maximum absolute atomic E-state index is 13.6. The number of rotatable bonds is 7. The van der Waals surface area contributed by atoms with Gasteiger partial charge in [-0.05, 0) is 42.3 Å². The van der Waals surface area contributed by atoms with Crippen molar-refractivity contribution >= 4 is 17.7 Å². The van der Waals surface area contributed by atoms with E-state index in [4.69, 9.17) is 4.74 Å². The minimum Gasteiger partial charge on any atom is -0.494 e. The smallest absolute Gasteiger partial charge is 0.233 e. The Kier molecular flexibility index (Phi) is 6.61. The summed E-state index contributed by atoms with van der Waals surface area (Å²) in [7, 11) is 1.42. The molecule has 0 spiro atoms. The molecule has 128 valence electrons. The van der Waals surface area contributed by atoms with Crippen molar-refractivity contribution in [3.63, 3.8) is 0 Å². The minimum atomic E-state index is -0.413. The summed E-state index contributed by atoms with van der Waals surface area (Å²) >= 11 is 1.42. The molecule has 1 atom stereocenters. The normalized spacial score (nSPS) is 11.8. The standard InChI is InChI=1S/C18H19F2NO2S/c1-12(18(22)21-10-13-3-6-15(19)7-4-13)24-11-14-5-8-17(23-2)16(20)9-14/h3-9,12H,10-11H2,1-2H3,(H,21,22)/t12-/m0/s1. The molecule has 6 heteroatoms. The van der Waals surface area contributed by atoms with Crippen LogP contribution < -0.4 is 10.1 Å². The number of thioether (sulfide) groups is 1. The molecule has 0 radical (unpaired) electrons. The largest absolute Gasteiger partial charge is 0.494 e. The number of benzene rings is 2. The number of ether oxygens (including phenoxy) is 1. The summed E-state index contributed by atoms with van der Waals surface area (Å²) in [6.07, 6.45) is 0. The van der Waals surface area contributed by atoms with Gasteiger partial charge in [-0.2, -0.15) is 0 Å². The van der Waals surface area contributed by atoms with E-state index in [2.05, 4.69) is 5.32 Å². The van der Waals surface area contributed by atoms with Gasteiger partial charge in [0.1, 0.15) is 5.82 Å². The zero-order chi connectivity index (χ0) is 17.5. The zero-order valence-electron chi connectivity index (χ0n) is 13.5. The fourth-order valence-corrected chi connectivity index (χ4v) is 2.89. The Hall–Kier alpha value is -2.08. The van der Waals surface area contributed by atoms with Gasteiger partial charge in [0, 0.05) is 12.3 Å². The third-order valence-electron chi connectivity index (χ3n) is 3.47. The van der Waals surface area contributed by atoms with Gasteiger partial charge < -0.3 is 10.1 Å². The Bertz CT molecular complexity index is 692. The molecule has 0 aliphatic heterocycles. The van der Waals surface area contributed by atoms with E-state index in [1.807, 2.05) is 0 Å². The molecule has 0 saturated carbocycles. The van der Waals surface area contributed by atoms with Crippen molar-refractivity contribution in [1.82, 2.24) is 5.32 Å². The zero-order valence-corrected chi connectivity index (χ0v) is 14.3. The molecule has 0 aliphatic carbocycles. The van der Waals surface area contributed by atoms with E-state index in [0.29, 0.717) is 12.3 Å². The Morgan fingerprint density at radius 2 is 1.83 bits per heavy atom. The third kappa shape index (κ3) is 5.23. The van der Waals surface area contributed by atoms with Gasteiger partial charge in [-0.3, -0.25) is 4.79 Å². The molecule has 0 aliphatic rings. The Labute approximate surface area is 144 Å². The summed E-state index contributed by atoms with van der Waals surface area (Å²) in [5.74, 6) is -0.108. The topological polar surface area (TPSA) is 38.3 Å². The first-order valence-electron chi connectivity index (χ1n) is 7.45.